The summed E-state index contributed by atoms with van der Waals surface area (Å²) < 4.78 is 0. The Morgan fingerprint density at radius 1 is 1.29 bits per heavy atom. The molecule has 1 saturated carbocycles. The lowest BCUT2D eigenvalue weighted by Gasteiger charge is -2.28. The molecule has 2 aliphatic rings. The van der Waals surface area contributed by atoms with Crippen LogP contribution >= 0.6 is 0 Å². The van der Waals surface area contributed by atoms with Crippen molar-refractivity contribution in [2.24, 2.45) is 11.8 Å². The van der Waals surface area contributed by atoms with Crippen LogP contribution in [-0.2, 0) is 17.8 Å². The first kappa shape index (κ1) is 14.6. The molecule has 114 valence electrons. The fourth-order valence-electron chi connectivity index (χ4n) is 3.95. The molecule has 1 amide bonds. The van der Waals surface area contributed by atoms with Crippen molar-refractivity contribution in [3.63, 3.8) is 0 Å². The predicted molar refractivity (Wildman–Crippen MR) is 84.9 cm³/mol. The smallest absolute Gasteiger partial charge is 0.237 e. The van der Waals surface area contributed by atoms with E-state index < -0.39 is 0 Å². The highest BCUT2D eigenvalue weighted by molar-refractivity contribution is 5.82. The summed E-state index contributed by atoms with van der Waals surface area (Å²) in [6.45, 7) is 5.34. The average Bonchev–Trinajstić information content (AvgIpc) is 2.87. The van der Waals surface area contributed by atoms with E-state index in [1.54, 1.807) is 0 Å². The van der Waals surface area contributed by atoms with E-state index in [0.29, 0.717) is 12.0 Å². The molecule has 0 bridgehead atoms. The first-order valence-corrected chi connectivity index (χ1v) is 8.29. The second kappa shape index (κ2) is 6.18. The van der Waals surface area contributed by atoms with Crippen LogP contribution in [-0.4, -0.2) is 18.0 Å². The Hall–Kier alpha value is -1.35. The Labute approximate surface area is 127 Å². The van der Waals surface area contributed by atoms with Gasteiger partial charge in [0.25, 0.3) is 0 Å². The SMILES string of the molecule is CCC1CCC(NC(=O)C2Cc3ccccc3CN2)C1C. The van der Waals surface area contributed by atoms with Gasteiger partial charge < -0.3 is 10.6 Å². The van der Waals surface area contributed by atoms with Gasteiger partial charge in [-0.3, -0.25) is 4.79 Å². The van der Waals surface area contributed by atoms with E-state index in [1.807, 2.05) is 0 Å². The van der Waals surface area contributed by atoms with Gasteiger partial charge in [-0.25, -0.2) is 0 Å². The molecule has 0 radical (unpaired) electrons. The first-order chi connectivity index (χ1) is 10.2. The van der Waals surface area contributed by atoms with Crippen molar-refractivity contribution in [2.45, 2.75) is 58.2 Å². The topological polar surface area (TPSA) is 41.1 Å². The number of benzene rings is 1. The Morgan fingerprint density at radius 3 is 2.76 bits per heavy atom. The fraction of sp³-hybridized carbons (Fsp3) is 0.611. The maximum atomic E-state index is 12.5. The Kier molecular flexibility index (Phi) is 4.29. The number of fused-ring (bicyclic) bond motifs is 1. The Balaban J connectivity index is 1.60. The third-order valence-electron chi connectivity index (χ3n) is 5.48. The second-order valence-corrected chi connectivity index (χ2v) is 6.63. The van der Waals surface area contributed by atoms with Crippen LogP contribution < -0.4 is 10.6 Å². The molecule has 1 heterocycles. The fourth-order valence-corrected chi connectivity index (χ4v) is 3.95. The molecular weight excluding hydrogens is 260 g/mol. The van der Waals surface area contributed by atoms with Gasteiger partial charge in [0.2, 0.25) is 5.91 Å². The molecule has 1 aromatic rings. The van der Waals surface area contributed by atoms with E-state index in [2.05, 4.69) is 48.7 Å². The molecule has 4 unspecified atom stereocenters. The summed E-state index contributed by atoms with van der Waals surface area (Å²) in [5.41, 5.74) is 2.63. The molecule has 0 aromatic heterocycles. The summed E-state index contributed by atoms with van der Waals surface area (Å²) >= 11 is 0. The molecule has 21 heavy (non-hydrogen) atoms. The minimum absolute atomic E-state index is 0.0761. The van der Waals surface area contributed by atoms with Crippen molar-refractivity contribution < 1.29 is 4.79 Å². The molecule has 1 aliphatic heterocycles. The summed E-state index contributed by atoms with van der Waals surface area (Å²) in [6, 6.07) is 8.69. The van der Waals surface area contributed by atoms with Crippen LogP contribution in [0.15, 0.2) is 24.3 Å². The molecule has 0 spiro atoms. The van der Waals surface area contributed by atoms with E-state index in [1.165, 1.54) is 24.0 Å². The van der Waals surface area contributed by atoms with E-state index >= 15 is 0 Å². The van der Waals surface area contributed by atoms with Crippen LogP contribution in [0.5, 0.6) is 0 Å². The molecular formula is C18H26N2O. The standard InChI is InChI=1S/C18H26N2O/c1-3-13-8-9-16(12(13)2)20-18(21)17-10-14-6-4-5-7-15(14)11-19-17/h4-7,12-13,16-17,19H,3,8-11H2,1-2H3,(H,20,21). The third kappa shape index (κ3) is 2.98. The molecule has 3 nitrogen and oxygen atoms in total. The molecule has 1 aliphatic carbocycles. The summed E-state index contributed by atoms with van der Waals surface area (Å²) in [6.07, 6.45) is 4.42. The minimum Gasteiger partial charge on any atom is -0.352 e. The predicted octanol–water partition coefficient (Wildman–Crippen LogP) is 2.64. The molecule has 0 saturated heterocycles. The second-order valence-electron chi connectivity index (χ2n) is 6.63. The Morgan fingerprint density at radius 2 is 2.05 bits per heavy atom. The van der Waals surface area contributed by atoms with Crippen molar-refractivity contribution in [1.82, 2.24) is 10.6 Å². The van der Waals surface area contributed by atoms with E-state index in [9.17, 15) is 4.79 Å². The van der Waals surface area contributed by atoms with Gasteiger partial charge in [0.15, 0.2) is 0 Å². The summed E-state index contributed by atoms with van der Waals surface area (Å²) in [4.78, 5) is 12.5. The molecule has 1 fully saturated rings. The van der Waals surface area contributed by atoms with Crippen molar-refractivity contribution >= 4 is 5.91 Å². The van der Waals surface area contributed by atoms with Crippen molar-refractivity contribution in [2.75, 3.05) is 0 Å². The first-order valence-electron chi connectivity index (χ1n) is 8.29. The monoisotopic (exact) mass is 286 g/mol. The van der Waals surface area contributed by atoms with Crippen LogP contribution in [0.25, 0.3) is 0 Å². The normalized spacial score (nSPS) is 31.7. The average molecular weight is 286 g/mol. The molecule has 3 rings (SSSR count). The van der Waals surface area contributed by atoms with E-state index in [0.717, 1.165) is 25.3 Å². The molecule has 2 N–H and O–H groups in total. The van der Waals surface area contributed by atoms with Crippen molar-refractivity contribution in [1.29, 1.82) is 0 Å². The number of rotatable bonds is 3. The number of hydrogen-bond donors (Lipinski definition) is 2. The largest absolute Gasteiger partial charge is 0.352 e. The third-order valence-corrected chi connectivity index (χ3v) is 5.48. The van der Waals surface area contributed by atoms with E-state index in [-0.39, 0.29) is 11.9 Å². The van der Waals surface area contributed by atoms with Gasteiger partial charge in [-0.05, 0) is 42.2 Å². The quantitative estimate of drug-likeness (QED) is 0.897. The van der Waals surface area contributed by atoms with Gasteiger partial charge in [-0.1, -0.05) is 44.5 Å². The lowest BCUT2D eigenvalue weighted by atomic mass is 9.92. The summed E-state index contributed by atoms with van der Waals surface area (Å²) in [5, 5.41) is 6.67. The van der Waals surface area contributed by atoms with Gasteiger partial charge in [0.05, 0.1) is 6.04 Å². The van der Waals surface area contributed by atoms with E-state index in [4.69, 9.17) is 0 Å². The highest BCUT2D eigenvalue weighted by atomic mass is 16.2. The van der Waals surface area contributed by atoms with Crippen LogP contribution in [0, 0.1) is 11.8 Å². The maximum absolute atomic E-state index is 12.5. The van der Waals surface area contributed by atoms with Crippen LogP contribution in [0.1, 0.15) is 44.2 Å². The van der Waals surface area contributed by atoms with Gasteiger partial charge in [0.1, 0.15) is 0 Å². The van der Waals surface area contributed by atoms with Crippen LogP contribution in [0.3, 0.4) is 0 Å². The number of hydrogen-bond acceptors (Lipinski definition) is 2. The number of amides is 1. The van der Waals surface area contributed by atoms with Gasteiger partial charge in [0, 0.05) is 12.6 Å². The molecule has 1 aromatic carbocycles. The number of carbonyl (C=O) groups is 1. The molecule has 3 heteroatoms. The zero-order valence-corrected chi connectivity index (χ0v) is 13.1. The molecule has 4 atom stereocenters. The number of carbonyl (C=O) groups excluding carboxylic acids is 1. The van der Waals surface area contributed by atoms with Gasteiger partial charge >= 0.3 is 0 Å². The van der Waals surface area contributed by atoms with Crippen LogP contribution in [0.4, 0.5) is 0 Å². The maximum Gasteiger partial charge on any atom is 0.237 e. The van der Waals surface area contributed by atoms with Gasteiger partial charge in [-0.15, -0.1) is 0 Å². The van der Waals surface area contributed by atoms with Crippen molar-refractivity contribution in [3.8, 4) is 0 Å². The Bertz CT molecular complexity index is 514. The zero-order chi connectivity index (χ0) is 14.8. The lowest BCUT2D eigenvalue weighted by Crippen LogP contribution is -2.51. The van der Waals surface area contributed by atoms with Gasteiger partial charge in [-0.2, -0.15) is 0 Å². The zero-order valence-electron chi connectivity index (χ0n) is 13.1. The highest BCUT2D eigenvalue weighted by Gasteiger charge is 2.34. The lowest BCUT2D eigenvalue weighted by molar-refractivity contribution is -0.124. The van der Waals surface area contributed by atoms with Crippen LogP contribution in [0.2, 0.25) is 0 Å². The van der Waals surface area contributed by atoms with Crippen molar-refractivity contribution in [3.05, 3.63) is 35.4 Å². The summed E-state index contributed by atoms with van der Waals surface area (Å²) in [5.74, 6) is 1.56. The number of nitrogens with one attached hydrogen (secondary N) is 2. The summed E-state index contributed by atoms with van der Waals surface area (Å²) in [7, 11) is 0. The highest BCUT2D eigenvalue weighted by Crippen LogP contribution is 2.34. The minimum atomic E-state index is -0.0761.